The Morgan fingerprint density at radius 3 is 2.80 bits per heavy atom. The molecule has 0 saturated carbocycles. The zero-order chi connectivity index (χ0) is 7.82. The summed E-state index contributed by atoms with van der Waals surface area (Å²) in [5, 5.41) is 8.07. The smallest absolute Gasteiger partial charge is 0.329 e. The number of alkyl halides is 1. The fraction of sp³-hybridized carbons (Fsp3) is 0.500. The Kier molecular flexibility index (Phi) is 5.94. The second-order valence-corrected chi connectivity index (χ2v) is 1.64. The summed E-state index contributed by atoms with van der Waals surface area (Å²) in [6.07, 6.45) is 0. The summed E-state index contributed by atoms with van der Waals surface area (Å²) in [7, 11) is 0. The van der Waals surface area contributed by atoms with Gasteiger partial charge in [0.15, 0.2) is 0 Å². The van der Waals surface area contributed by atoms with Crippen LogP contribution in [0.15, 0.2) is 0 Å². The van der Waals surface area contributed by atoms with Gasteiger partial charge in [-0.2, -0.15) is 0 Å². The normalized spacial score (nSPS) is 8.10. The molecule has 0 radical (unpaired) electrons. The zero-order valence-corrected chi connectivity index (χ0v) is 6.02. The van der Waals surface area contributed by atoms with Crippen LogP contribution < -0.4 is 0 Å². The molecule has 4 heteroatoms. The average molecular weight is 163 g/mol. The average Bonchev–Trinajstić information content (AvgIpc) is 1.87. The molecule has 0 bridgehead atoms. The quantitative estimate of drug-likeness (QED) is 0.370. The molecule has 3 nitrogen and oxygen atoms in total. The molecule has 0 heterocycles. The molecule has 0 amide bonds. The number of carbonyl (C=O) groups is 1. The zero-order valence-electron chi connectivity index (χ0n) is 5.26. The van der Waals surface area contributed by atoms with E-state index in [4.69, 9.17) is 16.7 Å². The van der Waals surface area contributed by atoms with Gasteiger partial charge in [0.25, 0.3) is 0 Å². The SMILES string of the molecule is O=C(O)COCC#CCCl. The van der Waals surface area contributed by atoms with E-state index in [1.807, 2.05) is 0 Å². The van der Waals surface area contributed by atoms with Gasteiger partial charge in [0.2, 0.25) is 0 Å². The van der Waals surface area contributed by atoms with Crippen molar-refractivity contribution in [1.82, 2.24) is 0 Å². The molecule has 1 N–H and O–H groups in total. The first kappa shape index (κ1) is 9.28. The van der Waals surface area contributed by atoms with E-state index in [1.165, 1.54) is 0 Å². The van der Waals surface area contributed by atoms with Crippen LogP contribution >= 0.6 is 11.6 Å². The predicted octanol–water partition coefficient (Wildman–Crippen LogP) is 0.330. The van der Waals surface area contributed by atoms with Crippen molar-refractivity contribution in [3.8, 4) is 11.8 Å². The number of carboxylic acid groups (broad SMARTS) is 1. The maximum Gasteiger partial charge on any atom is 0.329 e. The van der Waals surface area contributed by atoms with Gasteiger partial charge in [0.05, 0.1) is 5.88 Å². The highest BCUT2D eigenvalue weighted by Gasteiger charge is 1.91. The summed E-state index contributed by atoms with van der Waals surface area (Å²) < 4.78 is 4.57. The van der Waals surface area contributed by atoms with Gasteiger partial charge >= 0.3 is 5.97 Å². The second kappa shape index (κ2) is 6.40. The number of hydrogen-bond donors (Lipinski definition) is 1. The van der Waals surface area contributed by atoms with E-state index in [-0.39, 0.29) is 19.1 Å². The van der Waals surface area contributed by atoms with Crippen molar-refractivity contribution in [2.24, 2.45) is 0 Å². The topological polar surface area (TPSA) is 46.5 Å². The van der Waals surface area contributed by atoms with Gasteiger partial charge < -0.3 is 9.84 Å². The van der Waals surface area contributed by atoms with Crippen molar-refractivity contribution < 1.29 is 14.6 Å². The lowest BCUT2D eigenvalue weighted by Gasteiger charge is -1.90. The largest absolute Gasteiger partial charge is 0.480 e. The molecule has 56 valence electrons. The third-order valence-electron chi connectivity index (χ3n) is 0.592. The Hall–Kier alpha value is -0.720. The van der Waals surface area contributed by atoms with E-state index in [0.29, 0.717) is 0 Å². The number of halogens is 1. The van der Waals surface area contributed by atoms with E-state index in [1.54, 1.807) is 0 Å². The molecular weight excluding hydrogens is 156 g/mol. The van der Waals surface area contributed by atoms with Crippen LogP contribution in [-0.2, 0) is 9.53 Å². The maximum atomic E-state index is 9.83. The van der Waals surface area contributed by atoms with Gasteiger partial charge in [-0.05, 0) is 0 Å². The number of aliphatic carboxylic acids is 1. The standard InChI is InChI=1S/C6H7ClO3/c7-3-1-2-4-10-5-6(8)9/h3-5H2,(H,8,9). The minimum atomic E-state index is -0.993. The second-order valence-electron chi connectivity index (χ2n) is 1.37. The van der Waals surface area contributed by atoms with E-state index in [2.05, 4.69) is 16.6 Å². The molecule has 0 aliphatic rings. The number of rotatable bonds is 3. The van der Waals surface area contributed by atoms with Crippen molar-refractivity contribution in [2.45, 2.75) is 0 Å². The van der Waals surface area contributed by atoms with Gasteiger partial charge in [0.1, 0.15) is 13.2 Å². The monoisotopic (exact) mass is 162 g/mol. The van der Waals surface area contributed by atoms with E-state index in [9.17, 15) is 4.79 Å². The van der Waals surface area contributed by atoms with Crippen LogP contribution in [-0.4, -0.2) is 30.2 Å². The van der Waals surface area contributed by atoms with Gasteiger partial charge in [-0.3, -0.25) is 0 Å². The highest BCUT2D eigenvalue weighted by Crippen LogP contribution is 1.73. The lowest BCUT2D eigenvalue weighted by atomic mass is 10.6. The first-order valence-electron chi connectivity index (χ1n) is 2.58. The Morgan fingerprint density at radius 2 is 2.30 bits per heavy atom. The Morgan fingerprint density at radius 1 is 1.60 bits per heavy atom. The molecule has 0 atom stereocenters. The van der Waals surface area contributed by atoms with Crippen molar-refractivity contribution in [1.29, 1.82) is 0 Å². The van der Waals surface area contributed by atoms with Crippen molar-refractivity contribution >= 4 is 17.6 Å². The molecule has 0 saturated heterocycles. The molecule has 0 aliphatic heterocycles. The first-order chi connectivity index (χ1) is 4.77. The van der Waals surface area contributed by atoms with Gasteiger partial charge in [0, 0.05) is 0 Å². The van der Waals surface area contributed by atoms with Crippen molar-refractivity contribution in [3.05, 3.63) is 0 Å². The Balaban J connectivity index is 3.13. The fourth-order valence-corrected chi connectivity index (χ4v) is 0.382. The lowest BCUT2D eigenvalue weighted by Crippen LogP contribution is -2.06. The number of ether oxygens (including phenoxy) is 1. The molecule has 0 aromatic heterocycles. The first-order valence-corrected chi connectivity index (χ1v) is 3.12. The van der Waals surface area contributed by atoms with Crippen molar-refractivity contribution in [2.75, 3.05) is 19.1 Å². The van der Waals surface area contributed by atoms with Gasteiger partial charge in [-0.25, -0.2) is 4.79 Å². The molecule has 10 heavy (non-hydrogen) atoms. The van der Waals surface area contributed by atoms with Crippen LogP contribution in [0.1, 0.15) is 0 Å². The summed E-state index contributed by atoms with van der Waals surface area (Å²) in [4.78, 5) is 9.83. The molecule has 0 rings (SSSR count). The highest BCUT2D eigenvalue weighted by atomic mass is 35.5. The minimum absolute atomic E-state index is 0.124. The van der Waals surface area contributed by atoms with Crippen molar-refractivity contribution in [3.63, 3.8) is 0 Å². The van der Waals surface area contributed by atoms with Crippen LogP contribution in [0.2, 0.25) is 0 Å². The van der Waals surface area contributed by atoms with E-state index < -0.39 is 5.97 Å². The summed E-state index contributed by atoms with van der Waals surface area (Å²) in [6.45, 7) is -0.185. The van der Waals surface area contributed by atoms with Crippen LogP contribution in [0, 0.1) is 11.8 Å². The van der Waals surface area contributed by atoms with Gasteiger partial charge in [-0.15, -0.1) is 11.6 Å². The summed E-state index contributed by atoms with van der Waals surface area (Å²) >= 11 is 5.20. The predicted molar refractivity (Wildman–Crippen MR) is 37.0 cm³/mol. The van der Waals surface area contributed by atoms with Crippen LogP contribution in [0.5, 0.6) is 0 Å². The van der Waals surface area contributed by atoms with Gasteiger partial charge in [-0.1, -0.05) is 11.8 Å². The molecule has 0 unspecified atom stereocenters. The molecular formula is C6H7ClO3. The Bertz CT molecular complexity index is 156. The van der Waals surface area contributed by atoms with E-state index >= 15 is 0 Å². The maximum absolute atomic E-state index is 9.83. The Labute approximate surface area is 63.9 Å². The number of hydrogen-bond acceptors (Lipinski definition) is 2. The lowest BCUT2D eigenvalue weighted by molar-refractivity contribution is -0.141. The molecule has 0 aliphatic carbocycles. The molecule has 0 aromatic carbocycles. The summed E-state index contributed by atoms with van der Waals surface area (Å²) in [5.74, 6) is 4.30. The molecule has 0 spiro atoms. The summed E-state index contributed by atoms with van der Waals surface area (Å²) in [6, 6.07) is 0. The highest BCUT2D eigenvalue weighted by molar-refractivity contribution is 6.19. The summed E-state index contributed by atoms with van der Waals surface area (Å²) in [5.41, 5.74) is 0. The van der Waals surface area contributed by atoms with Crippen LogP contribution in [0.3, 0.4) is 0 Å². The minimum Gasteiger partial charge on any atom is -0.480 e. The van der Waals surface area contributed by atoms with E-state index in [0.717, 1.165) is 0 Å². The van der Waals surface area contributed by atoms with Crippen LogP contribution in [0.4, 0.5) is 0 Å². The fourth-order valence-electron chi connectivity index (χ4n) is 0.288. The van der Waals surface area contributed by atoms with Crippen LogP contribution in [0.25, 0.3) is 0 Å². The number of carboxylic acids is 1. The third kappa shape index (κ3) is 7.28. The third-order valence-corrected chi connectivity index (χ3v) is 0.725. The molecule has 0 aromatic rings. The molecule has 0 fully saturated rings.